The average Bonchev–Trinajstić information content (AvgIpc) is 2.66. The first-order chi connectivity index (χ1) is 15.2. The molecule has 0 saturated carbocycles. The number of ether oxygens (including phenoxy) is 4. The largest absolute Gasteiger partial charge is 0.514 e. The molecule has 1 aliphatic carbocycles. The lowest BCUT2D eigenvalue weighted by molar-refractivity contribution is -0.00956. The minimum atomic E-state index is -0.743. The van der Waals surface area contributed by atoms with E-state index in [2.05, 4.69) is 19.2 Å². The van der Waals surface area contributed by atoms with E-state index in [1.54, 1.807) is 26.8 Å². The molecule has 0 saturated heterocycles. The molecule has 7 heteroatoms. The number of carbonyl (C=O) groups excluding carboxylic acids is 2. The highest BCUT2D eigenvalue weighted by molar-refractivity contribution is 5.69. The van der Waals surface area contributed by atoms with E-state index in [1.165, 1.54) is 0 Å². The topological polar surface area (TPSA) is 83.1 Å². The molecule has 2 atom stereocenters. The first kappa shape index (κ1) is 27.0. The van der Waals surface area contributed by atoms with Crippen molar-refractivity contribution in [3.63, 3.8) is 0 Å². The van der Waals surface area contributed by atoms with Gasteiger partial charge in [-0.15, -0.1) is 0 Å². The molecule has 0 unspecified atom stereocenters. The van der Waals surface area contributed by atoms with Crippen molar-refractivity contribution in [2.75, 3.05) is 6.61 Å². The van der Waals surface area contributed by atoms with Crippen LogP contribution in [0.1, 0.15) is 86.3 Å². The summed E-state index contributed by atoms with van der Waals surface area (Å²) in [6, 6.07) is 5.36. The van der Waals surface area contributed by atoms with Gasteiger partial charge < -0.3 is 24.3 Å². The zero-order valence-electron chi connectivity index (χ0n) is 21.7. The molecule has 1 amide bonds. The minimum Gasteiger partial charge on any atom is -0.444 e. The molecule has 0 aromatic heterocycles. The van der Waals surface area contributed by atoms with E-state index in [4.69, 9.17) is 18.9 Å². The van der Waals surface area contributed by atoms with Crippen molar-refractivity contribution in [3.05, 3.63) is 29.3 Å². The maximum Gasteiger partial charge on any atom is 0.514 e. The van der Waals surface area contributed by atoms with E-state index >= 15 is 0 Å². The van der Waals surface area contributed by atoms with Gasteiger partial charge in [-0.2, -0.15) is 0 Å². The van der Waals surface area contributed by atoms with Crippen molar-refractivity contribution < 1.29 is 28.5 Å². The Balaban J connectivity index is 2.46. The van der Waals surface area contributed by atoms with Crippen LogP contribution >= 0.6 is 0 Å². The maximum atomic E-state index is 12.8. The number of fused-ring (bicyclic) bond motifs is 1. The van der Waals surface area contributed by atoms with Crippen molar-refractivity contribution in [2.24, 2.45) is 0 Å². The van der Waals surface area contributed by atoms with E-state index in [-0.39, 0.29) is 12.1 Å². The molecule has 0 heterocycles. The number of carbonyl (C=O) groups is 2. The number of hydrogen-bond acceptors (Lipinski definition) is 6. The molecule has 1 aromatic rings. The molecule has 33 heavy (non-hydrogen) atoms. The molecule has 0 radical (unpaired) electrons. The monoisotopic (exact) mass is 463 g/mol. The molecular weight excluding hydrogens is 422 g/mol. The first-order valence-electron chi connectivity index (χ1n) is 11.9. The van der Waals surface area contributed by atoms with Crippen molar-refractivity contribution in [1.82, 2.24) is 5.32 Å². The lowest BCUT2D eigenvalue weighted by Crippen LogP contribution is -2.60. The van der Waals surface area contributed by atoms with Crippen molar-refractivity contribution >= 4 is 12.2 Å². The lowest BCUT2D eigenvalue weighted by atomic mass is 9.62. The Morgan fingerprint density at radius 1 is 1.00 bits per heavy atom. The summed E-state index contributed by atoms with van der Waals surface area (Å²) in [6.07, 6.45) is 0.749. The second-order valence-corrected chi connectivity index (χ2v) is 10.6. The third-order valence-electron chi connectivity index (χ3n) is 5.91. The number of benzene rings is 1. The van der Waals surface area contributed by atoms with Crippen LogP contribution in [-0.2, 0) is 26.0 Å². The third-order valence-corrected chi connectivity index (χ3v) is 5.91. The van der Waals surface area contributed by atoms with Crippen molar-refractivity contribution in [2.45, 2.75) is 110 Å². The van der Waals surface area contributed by atoms with Gasteiger partial charge in [-0.1, -0.05) is 19.9 Å². The minimum absolute atomic E-state index is 0.201. The van der Waals surface area contributed by atoms with Crippen LogP contribution in [0.5, 0.6) is 5.75 Å². The third kappa shape index (κ3) is 6.85. The van der Waals surface area contributed by atoms with Gasteiger partial charge >= 0.3 is 12.2 Å². The smallest absolute Gasteiger partial charge is 0.444 e. The first-order valence-corrected chi connectivity index (χ1v) is 11.9. The molecule has 0 spiro atoms. The van der Waals surface area contributed by atoms with Gasteiger partial charge in [0.15, 0.2) is 0 Å². The summed E-state index contributed by atoms with van der Waals surface area (Å²) >= 11 is 0. The van der Waals surface area contributed by atoms with E-state index in [9.17, 15) is 9.59 Å². The highest BCUT2D eigenvalue weighted by Crippen LogP contribution is 2.45. The number of amides is 1. The zero-order valence-corrected chi connectivity index (χ0v) is 21.7. The molecule has 0 fully saturated rings. The molecule has 2 rings (SSSR count). The van der Waals surface area contributed by atoms with Gasteiger partial charge in [0.2, 0.25) is 0 Å². The van der Waals surface area contributed by atoms with Crippen molar-refractivity contribution in [1.29, 1.82) is 0 Å². The van der Waals surface area contributed by atoms with E-state index in [0.29, 0.717) is 18.8 Å². The molecule has 186 valence electrons. The van der Waals surface area contributed by atoms with Crippen LogP contribution in [0.3, 0.4) is 0 Å². The summed E-state index contributed by atoms with van der Waals surface area (Å²) in [6.45, 7) is 17.6. The summed E-state index contributed by atoms with van der Waals surface area (Å²) in [5.74, 6) is 0.417. The van der Waals surface area contributed by atoms with Gasteiger partial charge in [-0.3, -0.25) is 0 Å². The predicted octanol–water partition coefficient (Wildman–Crippen LogP) is 5.91. The Kier molecular flexibility index (Phi) is 8.44. The van der Waals surface area contributed by atoms with Crippen LogP contribution in [-0.4, -0.2) is 42.2 Å². The number of alkyl carbamates (subject to hydrolysis) is 1. The molecule has 0 bridgehead atoms. The SMILES string of the molecule is CCO[C@@H]1Cc2ccc(OC(=O)OC(C)(C)C)cc2C(CC)(CC)[C@H]1NC(=O)OC(C)(C)C. The fourth-order valence-electron chi connectivity index (χ4n) is 4.59. The Bertz CT molecular complexity index is 832. The van der Waals surface area contributed by atoms with Crippen LogP contribution in [0.15, 0.2) is 18.2 Å². The summed E-state index contributed by atoms with van der Waals surface area (Å²) < 4.78 is 22.5. The van der Waals surface area contributed by atoms with Crippen molar-refractivity contribution in [3.8, 4) is 5.75 Å². The Morgan fingerprint density at radius 2 is 1.61 bits per heavy atom. The number of nitrogens with one attached hydrogen (secondary N) is 1. The zero-order chi connectivity index (χ0) is 25.0. The molecule has 1 aromatic carbocycles. The van der Waals surface area contributed by atoms with Gasteiger partial charge in [0, 0.05) is 18.4 Å². The molecule has 1 aliphatic rings. The second-order valence-electron chi connectivity index (χ2n) is 10.6. The van der Waals surface area contributed by atoms with Gasteiger partial charge in [0.25, 0.3) is 0 Å². The molecule has 7 nitrogen and oxygen atoms in total. The summed E-state index contributed by atoms with van der Waals surface area (Å²) in [7, 11) is 0. The maximum absolute atomic E-state index is 12.8. The summed E-state index contributed by atoms with van der Waals surface area (Å²) in [5.41, 5.74) is 0.501. The highest BCUT2D eigenvalue weighted by Gasteiger charge is 2.48. The molecule has 1 N–H and O–H groups in total. The van der Waals surface area contributed by atoms with Gasteiger partial charge in [-0.25, -0.2) is 9.59 Å². The second kappa shape index (κ2) is 10.3. The lowest BCUT2D eigenvalue weighted by Gasteiger charge is -2.48. The van der Waals surface area contributed by atoms with Crippen LogP contribution < -0.4 is 10.1 Å². The Morgan fingerprint density at radius 3 is 2.12 bits per heavy atom. The van der Waals surface area contributed by atoms with E-state index in [1.807, 2.05) is 39.8 Å². The quantitative estimate of drug-likeness (QED) is 0.417. The van der Waals surface area contributed by atoms with Crippen LogP contribution in [0.2, 0.25) is 0 Å². The highest BCUT2D eigenvalue weighted by atomic mass is 16.7. The van der Waals surface area contributed by atoms with Crippen LogP contribution in [0.4, 0.5) is 9.59 Å². The van der Waals surface area contributed by atoms with Gasteiger partial charge in [-0.05, 0) is 84.6 Å². The Hall–Kier alpha value is -2.28. The average molecular weight is 464 g/mol. The fourth-order valence-corrected chi connectivity index (χ4v) is 4.59. The normalized spacial score (nSPS) is 19.9. The summed E-state index contributed by atoms with van der Waals surface area (Å²) in [5, 5.41) is 3.12. The number of hydrogen-bond donors (Lipinski definition) is 1. The van der Waals surface area contributed by atoms with Crippen LogP contribution in [0, 0.1) is 0 Å². The molecular formula is C26H41NO6. The van der Waals surface area contributed by atoms with E-state index < -0.39 is 28.9 Å². The van der Waals surface area contributed by atoms with E-state index in [0.717, 1.165) is 24.0 Å². The predicted molar refractivity (Wildman–Crippen MR) is 128 cm³/mol. The van der Waals surface area contributed by atoms with Gasteiger partial charge in [0.1, 0.15) is 17.0 Å². The molecule has 0 aliphatic heterocycles. The summed E-state index contributed by atoms with van der Waals surface area (Å²) in [4.78, 5) is 25.0. The van der Waals surface area contributed by atoms with Gasteiger partial charge in [0.05, 0.1) is 12.1 Å². The number of rotatable bonds is 6. The standard InChI is InChI=1S/C26H41NO6/c1-10-26(11-2)19-16-18(31-23(29)33-25(7,8)9)14-13-17(19)15-20(30-12-3)21(26)27-22(28)32-24(4,5)6/h13-14,16,20-21H,10-12,15H2,1-9H3,(H,27,28)/t20-,21+/m1/s1. The van der Waals surface area contributed by atoms with Crippen LogP contribution in [0.25, 0.3) is 0 Å². The fraction of sp³-hybridized carbons (Fsp3) is 0.692. The Labute approximate surface area is 198 Å².